The van der Waals surface area contributed by atoms with Crippen LogP contribution in [-0.2, 0) is 0 Å². The van der Waals surface area contributed by atoms with Crippen LogP contribution in [0.5, 0.6) is 0 Å². The van der Waals surface area contributed by atoms with Gasteiger partial charge >= 0.3 is 5.63 Å². The van der Waals surface area contributed by atoms with Gasteiger partial charge in [-0.15, -0.1) is 23.1 Å². The molecular formula is C23H16ClNO2S2. The third-order valence-corrected chi connectivity index (χ3v) is 7.63. The molecule has 0 fully saturated rings. The number of thiophene rings is 1. The molecule has 0 amide bonds. The molecule has 1 aliphatic rings. The van der Waals surface area contributed by atoms with Crippen molar-refractivity contribution < 1.29 is 4.42 Å². The highest BCUT2D eigenvalue weighted by atomic mass is 35.5. The van der Waals surface area contributed by atoms with Crippen LogP contribution < -0.4 is 5.63 Å². The Morgan fingerprint density at radius 2 is 2.03 bits per heavy atom. The van der Waals surface area contributed by atoms with Crippen molar-refractivity contribution in [3.63, 3.8) is 0 Å². The monoisotopic (exact) mass is 437 g/mol. The summed E-state index contributed by atoms with van der Waals surface area (Å²) in [5, 5.41) is 3.94. The van der Waals surface area contributed by atoms with E-state index in [0.29, 0.717) is 10.6 Å². The summed E-state index contributed by atoms with van der Waals surface area (Å²) in [6.45, 7) is 1.93. The molecule has 0 N–H and O–H groups in total. The maximum Gasteiger partial charge on any atom is 0.336 e. The lowest BCUT2D eigenvalue weighted by Gasteiger charge is -2.15. The van der Waals surface area contributed by atoms with E-state index in [1.54, 1.807) is 23.1 Å². The highest BCUT2D eigenvalue weighted by molar-refractivity contribution is 7.99. The van der Waals surface area contributed by atoms with E-state index in [1.165, 1.54) is 10.9 Å². The Kier molecular flexibility index (Phi) is 4.82. The molecular weight excluding hydrogens is 422 g/mol. The molecule has 0 spiro atoms. The number of fused-ring (bicyclic) bond motifs is 2. The molecule has 0 unspecified atom stereocenters. The van der Waals surface area contributed by atoms with Crippen LogP contribution in [0.25, 0.3) is 11.0 Å². The van der Waals surface area contributed by atoms with Crippen LogP contribution in [0, 0.1) is 6.92 Å². The summed E-state index contributed by atoms with van der Waals surface area (Å²) in [5.41, 5.74) is 3.84. The molecule has 1 aliphatic heterocycles. The van der Waals surface area contributed by atoms with E-state index in [-0.39, 0.29) is 10.9 Å². The first-order valence-electron chi connectivity index (χ1n) is 9.19. The largest absolute Gasteiger partial charge is 0.422 e. The smallest absolute Gasteiger partial charge is 0.336 e. The van der Waals surface area contributed by atoms with Crippen LogP contribution in [0.15, 0.2) is 79.1 Å². The molecule has 0 saturated heterocycles. The number of para-hydroxylation sites is 1. The molecule has 3 nitrogen and oxygen atoms in total. The minimum Gasteiger partial charge on any atom is -0.422 e. The van der Waals surface area contributed by atoms with Gasteiger partial charge in [0.15, 0.2) is 0 Å². The summed E-state index contributed by atoms with van der Waals surface area (Å²) in [6.07, 6.45) is 0.730. The number of hydrogen-bond acceptors (Lipinski definition) is 5. The Hall–Kier alpha value is -2.34. The Bertz CT molecular complexity index is 1310. The van der Waals surface area contributed by atoms with Crippen molar-refractivity contribution >= 4 is 57.1 Å². The molecule has 29 heavy (non-hydrogen) atoms. The normalized spacial score (nSPS) is 16.3. The number of nitrogens with zero attached hydrogens (tertiary/aromatic N) is 1. The maximum absolute atomic E-state index is 12.1. The minimum absolute atomic E-state index is 0.209. The zero-order valence-corrected chi connectivity index (χ0v) is 17.9. The molecule has 1 atom stereocenters. The van der Waals surface area contributed by atoms with Gasteiger partial charge in [0.1, 0.15) is 5.58 Å². The zero-order valence-electron chi connectivity index (χ0n) is 15.5. The lowest BCUT2D eigenvalue weighted by Crippen LogP contribution is -2.07. The van der Waals surface area contributed by atoms with Crippen LogP contribution >= 0.6 is 34.7 Å². The Balaban J connectivity index is 1.74. The molecule has 6 heteroatoms. The summed E-state index contributed by atoms with van der Waals surface area (Å²) in [5.74, 6) is 0. The van der Waals surface area contributed by atoms with E-state index in [2.05, 4.69) is 17.5 Å². The fraction of sp³-hybridized carbons (Fsp3) is 0.130. The van der Waals surface area contributed by atoms with Crippen molar-refractivity contribution in [1.29, 1.82) is 0 Å². The molecule has 144 valence electrons. The average molecular weight is 438 g/mol. The van der Waals surface area contributed by atoms with Gasteiger partial charge in [-0.05, 0) is 48.2 Å². The molecule has 5 rings (SSSR count). The quantitative estimate of drug-likeness (QED) is 0.312. The van der Waals surface area contributed by atoms with Gasteiger partial charge in [-0.3, -0.25) is 4.99 Å². The van der Waals surface area contributed by atoms with Gasteiger partial charge < -0.3 is 4.42 Å². The van der Waals surface area contributed by atoms with Gasteiger partial charge in [0.2, 0.25) is 0 Å². The van der Waals surface area contributed by atoms with Crippen molar-refractivity contribution in [2.75, 3.05) is 0 Å². The molecule has 0 aliphatic carbocycles. The summed E-state index contributed by atoms with van der Waals surface area (Å²) >= 11 is 9.78. The van der Waals surface area contributed by atoms with E-state index >= 15 is 0 Å². The van der Waals surface area contributed by atoms with Gasteiger partial charge in [-0.2, -0.15) is 0 Å². The topological polar surface area (TPSA) is 42.6 Å². The number of hydrogen-bond donors (Lipinski definition) is 0. The lowest BCUT2D eigenvalue weighted by atomic mass is 10.00. The molecule has 0 bridgehead atoms. The van der Waals surface area contributed by atoms with Crippen LogP contribution in [0.4, 0.5) is 5.69 Å². The van der Waals surface area contributed by atoms with Crippen LogP contribution in [0.2, 0.25) is 5.02 Å². The predicted molar refractivity (Wildman–Crippen MR) is 122 cm³/mol. The predicted octanol–water partition coefficient (Wildman–Crippen LogP) is 7.17. The van der Waals surface area contributed by atoms with Crippen molar-refractivity contribution in [2.45, 2.75) is 23.5 Å². The second-order valence-electron chi connectivity index (χ2n) is 6.93. The van der Waals surface area contributed by atoms with Crippen molar-refractivity contribution in [1.82, 2.24) is 0 Å². The van der Waals surface area contributed by atoms with E-state index in [9.17, 15) is 4.79 Å². The molecule has 0 radical (unpaired) electrons. The average Bonchev–Trinajstić information content (AvgIpc) is 3.16. The van der Waals surface area contributed by atoms with E-state index in [1.807, 2.05) is 43.3 Å². The molecule has 4 aromatic rings. The fourth-order valence-corrected chi connectivity index (χ4v) is 6.04. The van der Waals surface area contributed by atoms with Crippen LogP contribution in [0.3, 0.4) is 0 Å². The Morgan fingerprint density at radius 1 is 1.14 bits per heavy atom. The number of aliphatic imine (C=N–C) groups is 1. The van der Waals surface area contributed by atoms with Gasteiger partial charge in [-0.1, -0.05) is 29.8 Å². The SMILES string of the molecule is Cc1cc(=O)oc2c(C3=Nc4ccc(Cl)cc4S[C@H](c4cccs4)C3)cccc12. The summed E-state index contributed by atoms with van der Waals surface area (Å²) in [6, 6.07) is 17.5. The first-order valence-corrected chi connectivity index (χ1v) is 11.3. The number of aryl methyl sites for hydroxylation is 1. The summed E-state index contributed by atoms with van der Waals surface area (Å²) < 4.78 is 5.64. The van der Waals surface area contributed by atoms with Crippen LogP contribution in [0.1, 0.15) is 27.7 Å². The number of halogens is 1. The minimum atomic E-state index is -0.340. The van der Waals surface area contributed by atoms with Gasteiger partial charge in [0.25, 0.3) is 0 Å². The summed E-state index contributed by atoms with van der Waals surface area (Å²) in [7, 11) is 0. The Labute approximate surface area is 181 Å². The van der Waals surface area contributed by atoms with Gasteiger partial charge in [0, 0.05) is 43.5 Å². The van der Waals surface area contributed by atoms with E-state index in [0.717, 1.165) is 39.2 Å². The van der Waals surface area contributed by atoms with Crippen molar-refractivity contribution in [3.8, 4) is 0 Å². The maximum atomic E-state index is 12.1. The molecule has 2 aromatic heterocycles. The number of rotatable bonds is 2. The standard InChI is InChI=1S/C23H16ClNO2S2/c1-13-10-22(26)27-23-15(13)4-2-5-16(23)18-12-21(19-6-3-9-28-19)29-20-11-14(24)7-8-17(20)25-18/h2-11,21H,12H2,1H3/t21-/m0/s1. The highest BCUT2D eigenvalue weighted by Gasteiger charge is 2.25. The first-order chi connectivity index (χ1) is 14.1. The third-order valence-electron chi connectivity index (χ3n) is 4.97. The molecule has 2 aromatic carbocycles. The van der Waals surface area contributed by atoms with E-state index < -0.39 is 0 Å². The fourth-order valence-electron chi connectivity index (χ4n) is 3.61. The second-order valence-corrected chi connectivity index (χ2v) is 9.59. The van der Waals surface area contributed by atoms with Gasteiger partial charge in [-0.25, -0.2) is 4.79 Å². The van der Waals surface area contributed by atoms with Crippen molar-refractivity contribution in [3.05, 3.63) is 91.4 Å². The van der Waals surface area contributed by atoms with Crippen molar-refractivity contribution in [2.24, 2.45) is 4.99 Å². The third kappa shape index (κ3) is 3.54. The first kappa shape index (κ1) is 18.7. The summed E-state index contributed by atoms with van der Waals surface area (Å²) in [4.78, 5) is 19.4. The zero-order chi connectivity index (χ0) is 20.0. The van der Waals surface area contributed by atoms with Gasteiger partial charge in [0.05, 0.1) is 11.4 Å². The van der Waals surface area contributed by atoms with E-state index in [4.69, 9.17) is 21.0 Å². The Morgan fingerprint density at radius 3 is 2.86 bits per heavy atom. The molecule has 3 heterocycles. The van der Waals surface area contributed by atoms with Crippen LogP contribution in [-0.4, -0.2) is 5.71 Å². The second kappa shape index (κ2) is 7.48. The lowest BCUT2D eigenvalue weighted by molar-refractivity contribution is 0.559. The highest BCUT2D eigenvalue weighted by Crippen LogP contribution is 2.47. The molecule has 0 saturated carbocycles. The number of benzene rings is 2. The number of thioether (sulfide) groups is 1.